The van der Waals surface area contributed by atoms with Crippen LogP contribution in [0.3, 0.4) is 0 Å². The van der Waals surface area contributed by atoms with E-state index in [1.807, 2.05) is 6.07 Å². The highest BCUT2D eigenvalue weighted by molar-refractivity contribution is 7.58. The standard InChI is InChI=1S/C16H21O7P/c17-9-13(8-12-4-2-1-3-5-12)10-24(22,23)11-14(16(20)21)6-7-15(18)19/h1-5,9,13-14H,6-8,10-11H2,(H,18,19)(H,20,21)(H,22,23). The van der Waals surface area contributed by atoms with Crippen molar-refractivity contribution in [1.29, 1.82) is 0 Å². The van der Waals surface area contributed by atoms with E-state index in [0.717, 1.165) is 5.56 Å². The quantitative estimate of drug-likeness (QED) is 0.408. The number of hydrogen-bond donors (Lipinski definition) is 3. The van der Waals surface area contributed by atoms with Crippen molar-refractivity contribution in [2.24, 2.45) is 11.8 Å². The molecule has 0 spiro atoms. The molecule has 0 radical (unpaired) electrons. The minimum Gasteiger partial charge on any atom is -0.481 e. The third-order valence-corrected chi connectivity index (χ3v) is 5.67. The fourth-order valence-electron chi connectivity index (χ4n) is 2.45. The Balaban J connectivity index is 2.70. The number of carboxylic acids is 2. The Bertz CT molecular complexity index is 614. The van der Waals surface area contributed by atoms with Crippen molar-refractivity contribution in [3.63, 3.8) is 0 Å². The summed E-state index contributed by atoms with van der Waals surface area (Å²) >= 11 is 0. The molecule has 0 saturated carbocycles. The molecule has 132 valence electrons. The molecule has 0 fully saturated rings. The van der Waals surface area contributed by atoms with Gasteiger partial charge in [-0.05, 0) is 18.4 Å². The normalized spacial score (nSPS) is 15.9. The maximum Gasteiger partial charge on any atom is 0.307 e. The summed E-state index contributed by atoms with van der Waals surface area (Å²) in [4.78, 5) is 42.9. The summed E-state index contributed by atoms with van der Waals surface area (Å²) in [7, 11) is -3.88. The first-order valence-electron chi connectivity index (χ1n) is 7.48. The second kappa shape index (κ2) is 9.35. The number of aliphatic carboxylic acids is 2. The summed E-state index contributed by atoms with van der Waals surface area (Å²) in [6.07, 6.45) is -0.570. The lowest BCUT2D eigenvalue weighted by molar-refractivity contribution is -0.142. The lowest BCUT2D eigenvalue weighted by Crippen LogP contribution is -2.22. The van der Waals surface area contributed by atoms with Crippen LogP contribution in [-0.2, 0) is 25.4 Å². The summed E-state index contributed by atoms with van der Waals surface area (Å²) in [5, 5.41) is 17.7. The van der Waals surface area contributed by atoms with Crippen molar-refractivity contribution in [1.82, 2.24) is 0 Å². The SMILES string of the molecule is O=CC(Cc1ccccc1)CP(=O)(O)CC(CCC(=O)O)C(=O)O. The Kier molecular flexibility index (Phi) is 7.82. The topological polar surface area (TPSA) is 129 Å². The smallest absolute Gasteiger partial charge is 0.307 e. The third kappa shape index (κ3) is 7.53. The lowest BCUT2D eigenvalue weighted by Gasteiger charge is -2.19. The van der Waals surface area contributed by atoms with E-state index < -0.39 is 43.7 Å². The minimum absolute atomic E-state index is 0.223. The van der Waals surface area contributed by atoms with Gasteiger partial charge in [-0.2, -0.15) is 0 Å². The van der Waals surface area contributed by atoms with Crippen molar-refractivity contribution in [2.45, 2.75) is 19.3 Å². The third-order valence-electron chi connectivity index (χ3n) is 3.61. The maximum atomic E-state index is 12.3. The Morgan fingerprint density at radius 3 is 2.25 bits per heavy atom. The first kappa shape index (κ1) is 20.1. The second-order valence-corrected chi connectivity index (χ2v) is 8.19. The number of carbonyl (C=O) groups excluding carboxylic acids is 1. The zero-order valence-corrected chi connectivity index (χ0v) is 14.0. The molecule has 3 atom stereocenters. The molecule has 0 aromatic heterocycles. The molecule has 3 N–H and O–H groups in total. The van der Waals surface area contributed by atoms with Crippen LogP contribution in [0, 0.1) is 11.8 Å². The van der Waals surface area contributed by atoms with E-state index >= 15 is 0 Å². The highest BCUT2D eigenvalue weighted by Crippen LogP contribution is 2.45. The molecule has 0 aliphatic heterocycles. The van der Waals surface area contributed by atoms with Gasteiger partial charge in [0.1, 0.15) is 6.29 Å². The maximum absolute atomic E-state index is 12.3. The molecule has 0 aliphatic carbocycles. The number of hydrogen-bond acceptors (Lipinski definition) is 4. The first-order valence-corrected chi connectivity index (χ1v) is 9.51. The molecule has 7 nitrogen and oxygen atoms in total. The Morgan fingerprint density at radius 1 is 1.12 bits per heavy atom. The second-order valence-electron chi connectivity index (χ2n) is 5.76. The number of benzene rings is 1. The lowest BCUT2D eigenvalue weighted by atomic mass is 10.0. The summed E-state index contributed by atoms with van der Waals surface area (Å²) in [6.45, 7) is 0. The Hall–Kier alpha value is -1.98. The molecule has 1 aromatic rings. The van der Waals surface area contributed by atoms with Crippen LogP contribution < -0.4 is 0 Å². The van der Waals surface area contributed by atoms with Gasteiger partial charge in [0.2, 0.25) is 7.37 Å². The van der Waals surface area contributed by atoms with Crippen LogP contribution in [0.5, 0.6) is 0 Å². The minimum atomic E-state index is -3.88. The van der Waals surface area contributed by atoms with Crippen molar-refractivity contribution >= 4 is 25.6 Å². The van der Waals surface area contributed by atoms with Crippen LogP contribution in [0.2, 0.25) is 0 Å². The molecular weight excluding hydrogens is 335 g/mol. The zero-order chi connectivity index (χ0) is 18.2. The van der Waals surface area contributed by atoms with E-state index in [1.165, 1.54) is 0 Å². The molecule has 0 saturated heterocycles. The Morgan fingerprint density at radius 2 is 1.75 bits per heavy atom. The molecule has 0 heterocycles. The van der Waals surface area contributed by atoms with Crippen molar-refractivity contribution in [2.75, 3.05) is 12.3 Å². The van der Waals surface area contributed by atoms with Crippen molar-refractivity contribution in [3.05, 3.63) is 35.9 Å². The van der Waals surface area contributed by atoms with Gasteiger partial charge in [-0.15, -0.1) is 0 Å². The van der Waals surface area contributed by atoms with E-state index in [-0.39, 0.29) is 12.6 Å². The first-order chi connectivity index (χ1) is 11.2. The van der Waals surface area contributed by atoms with Crippen LogP contribution >= 0.6 is 7.37 Å². The summed E-state index contributed by atoms with van der Waals surface area (Å²) in [5.41, 5.74) is 0.843. The van der Waals surface area contributed by atoms with Gasteiger partial charge >= 0.3 is 11.9 Å². The van der Waals surface area contributed by atoms with E-state index in [4.69, 9.17) is 10.2 Å². The van der Waals surface area contributed by atoms with Crippen LogP contribution in [0.25, 0.3) is 0 Å². The summed E-state index contributed by atoms with van der Waals surface area (Å²) in [6, 6.07) is 9.00. The summed E-state index contributed by atoms with van der Waals surface area (Å²) in [5.74, 6) is -4.39. The number of carboxylic acid groups (broad SMARTS) is 2. The molecule has 1 rings (SSSR count). The van der Waals surface area contributed by atoms with Crippen LogP contribution in [0.4, 0.5) is 0 Å². The van der Waals surface area contributed by atoms with Crippen molar-refractivity contribution in [3.8, 4) is 0 Å². The van der Waals surface area contributed by atoms with Gasteiger partial charge in [0.05, 0.1) is 5.92 Å². The highest BCUT2D eigenvalue weighted by atomic mass is 31.2. The number of aldehydes is 1. The van der Waals surface area contributed by atoms with Crippen LogP contribution in [-0.4, -0.2) is 45.7 Å². The van der Waals surface area contributed by atoms with Gasteiger partial charge in [-0.1, -0.05) is 30.3 Å². The number of rotatable bonds is 11. The van der Waals surface area contributed by atoms with E-state index in [2.05, 4.69) is 0 Å². The number of carbonyl (C=O) groups is 3. The fourth-order valence-corrected chi connectivity index (χ4v) is 4.57. The Labute approximate surface area is 139 Å². The average Bonchev–Trinajstić information content (AvgIpc) is 2.51. The van der Waals surface area contributed by atoms with Gasteiger partial charge in [0, 0.05) is 24.7 Å². The van der Waals surface area contributed by atoms with Crippen LogP contribution in [0.1, 0.15) is 18.4 Å². The molecular formula is C16H21O7P. The molecule has 3 unspecified atom stereocenters. The average molecular weight is 356 g/mol. The van der Waals surface area contributed by atoms with Crippen LogP contribution in [0.15, 0.2) is 30.3 Å². The molecule has 0 bridgehead atoms. The highest BCUT2D eigenvalue weighted by Gasteiger charge is 2.31. The van der Waals surface area contributed by atoms with Gasteiger partial charge in [-0.25, -0.2) is 0 Å². The molecule has 0 amide bonds. The monoisotopic (exact) mass is 356 g/mol. The predicted molar refractivity (Wildman–Crippen MR) is 87.3 cm³/mol. The molecule has 1 aromatic carbocycles. The molecule has 8 heteroatoms. The van der Waals surface area contributed by atoms with Gasteiger partial charge < -0.3 is 19.9 Å². The molecule has 24 heavy (non-hydrogen) atoms. The van der Waals surface area contributed by atoms with E-state index in [9.17, 15) is 23.8 Å². The van der Waals surface area contributed by atoms with E-state index in [1.54, 1.807) is 24.3 Å². The summed E-state index contributed by atoms with van der Waals surface area (Å²) < 4.78 is 12.3. The molecule has 0 aliphatic rings. The van der Waals surface area contributed by atoms with Gasteiger partial charge in [0.25, 0.3) is 0 Å². The van der Waals surface area contributed by atoms with Crippen molar-refractivity contribution < 1.29 is 34.1 Å². The predicted octanol–water partition coefficient (Wildman–Crippen LogP) is 1.88. The van der Waals surface area contributed by atoms with Gasteiger partial charge in [-0.3, -0.25) is 14.2 Å². The van der Waals surface area contributed by atoms with Gasteiger partial charge in [0.15, 0.2) is 0 Å². The largest absolute Gasteiger partial charge is 0.481 e. The van der Waals surface area contributed by atoms with E-state index in [0.29, 0.717) is 12.7 Å². The zero-order valence-electron chi connectivity index (χ0n) is 13.1. The fraction of sp³-hybridized carbons (Fsp3) is 0.438.